The van der Waals surface area contributed by atoms with Crippen LogP contribution >= 0.6 is 0 Å². The molecule has 0 saturated heterocycles. The van der Waals surface area contributed by atoms with Gasteiger partial charge in [-0.05, 0) is 56.9 Å². The second kappa shape index (κ2) is 10.2. The van der Waals surface area contributed by atoms with Gasteiger partial charge in [-0.2, -0.15) is 0 Å². The third kappa shape index (κ3) is 4.35. The maximum absolute atomic E-state index is 8.75. The summed E-state index contributed by atoms with van der Waals surface area (Å²) >= 11 is 0. The predicted molar refractivity (Wildman–Crippen MR) is 184 cm³/mol. The molecular formula is C41H25N3O. The summed E-state index contributed by atoms with van der Waals surface area (Å²) in [4.78, 5) is 14.7. The minimum Gasteiger partial charge on any atom is -0.456 e. The molecule has 9 aromatic rings. The van der Waals surface area contributed by atoms with Crippen LogP contribution in [0.2, 0.25) is 0 Å². The molecule has 0 atom stereocenters. The molecule has 0 N–H and O–H groups in total. The lowest BCUT2D eigenvalue weighted by Gasteiger charge is -2.10. The van der Waals surface area contributed by atoms with Gasteiger partial charge in [-0.1, -0.05) is 127 Å². The van der Waals surface area contributed by atoms with Crippen molar-refractivity contribution in [2.45, 2.75) is 0 Å². The monoisotopic (exact) mass is 582 g/mol. The zero-order valence-corrected chi connectivity index (χ0v) is 23.6. The first-order valence-corrected chi connectivity index (χ1v) is 14.5. The van der Waals surface area contributed by atoms with E-state index < -0.39 is 30.2 Å². The second-order valence-electron chi connectivity index (χ2n) is 10.7. The highest BCUT2D eigenvalue weighted by Crippen LogP contribution is 2.37. The van der Waals surface area contributed by atoms with E-state index in [1.165, 1.54) is 0 Å². The fraction of sp³-hybridized carbons (Fsp3) is 0. The number of benzene rings is 7. The number of hydrogen-bond acceptors (Lipinski definition) is 4. The molecule has 45 heavy (non-hydrogen) atoms. The molecule has 7 aromatic carbocycles. The van der Waals surface area contributed by atoms with Crippen LogP contribution < -0.4 is 0 Å². The first-order chi connectivity index (χ1) is 25.2. The molecule has 0 amide bonds. The quantitative estimate of drug-likeness (QED) is 0.207. The summed E-state index contributed by atoms with van der Waals surface area (Å²) in [5, 5.41) is 4.11. The fourth-order valence-electron chi connectivity index (χ4n) is 5.85. The molecule has 9 rings (SSSR count). The highest BCUT2D eigenvalue weighted by Gasteiger charge is 2.16. The molecule has 0 aliphatic heterocycles. The van der Waals surface area contributed by atoms with E-state index >= 15 is 0 Å². The molecule has 4 nitrogen and oxygen atoms in total. The van der Waals surface area contributed by atoms with Crippen molar-refractivity contribution in [1.29, 1.82) is 0 Å². The lowest BCUT2D eigenvalue weighted by atomic mass is 9.97. The molecule has 210 valence electrons. The third-order valence-electron chi connectivity index (χ3n) is 8.03. The average molecular weight is 583 g/mol. The molecule has 2 aromatic heterocycles. The van der Waals surface area contributed by atoms with Gasteiger partial charge < -0.3 is 4.42 Å². The van der Waals surface area contributed by atoms with Crippen molar-refractivity contribution in [3.8, 4) is 45.3 Å². The molecule has 0 unspecified atom stereocenters. The smallest absolute Gasteiger partial charge is 0.164 e. The lowest BCUT2D eigenvalue weighted by Crippen LogP contribution is -2.00. The number of hydrogen-bond donors (Lipinski definition) is 0. The van der Waals surface area contributed by atoms with Gasteiger partial charge in [-0.25, -0.2) is 15.0 Å². The Balaban J connectivity index is 1.21. The van der Waals surface area contributed by atoms with Crippen LogP contribution in [0.4, 0.5) is 0 Å². The summed E-state index contributed by atoms with van der Waals surface area (Å²) in [5.41, 5.74) is 4.39. The molecule has 0 aliphatic rings. The van der Waals surface area contributed by atoms with Crippen LogP contribution in [0.15, 0.2) is 156 Å². The van der Waals surface area contributed by atoms with Gasteiger partial charge in [-0.3, -0.25) is 0 Å². The highest BCUT2D eigenvalue weighted by molar-refractivity contribution is 6.19. The van der Waals surface area contributed by atoms with E-state index in [2.05, 4.69) is 18.2 Å². The summed E-state index contributed by atoms with van der Waals surface area (Å²) in [7, 11) is 0. The first kappa shape index (κ1) is 19.2. The van der Waals surface area contributed by atoms with Gasteiger partial charge in [0, 0.05) is 27.5 Å². The Morgan fingerprint density at radius 3 is 1.93 bits per heavy atom. The molecule has 0 bridgehead atoms. The van der Waals surface area contributed by atoms with Gasteiger partial charge in [0.25, 0.3) is 0 Å². The maximum Gasteiger partial charge on any atom is 0.164 e. The number of rotatable bonds is 4. The largest absolute Gasteiger partial charge is 0.456 e. The summed E-state index contributed by atoms with van der Waals surface area (Å²) in [6.45, 7) is 0. The van der Waals surface area contributed by atoms with Crippen LogP contribution in [0.5, 0.6) is 0 Å². The molecule has 0 spiro atoms. The van der Waals surface area contributed by atoms with Gasteiger partial charge in [0.15, 0.2) is 17.5 Å². The van der Waals surface area contributed by atoms with Crippen molar-refractivity contribution in [1.82, 2.24) is 15.0 Å². The Kier molecular flexibility index (Phi) is 4.38. The van der Waals surface area contributed by atoms with E-state index in [1.54, 1.807) is 24.3 Å². The Bertz CT molecular complexity index is 2920. The molecule has 0 fully saturated rings. The number of nitrogens with zero attached hydrogens (tertiary/aromatic N) is 3. The first-order valence-electron chi connectivity index (χ1n) is 18.0. The number of aromatic nitrogens is 3. The summed E-state index contributed by atoms with van der Waals surface area (Å²) in [6.07, 6.45) is 0. The van der Waals surface area contributed by atoms with E-state index in [4.69, 9.17) is 29.0 Å². The van der Waals surface area contributed by atoms with Gasteiger partial charge in [0.05, 0.1) is 9.60 Å². The van der Waals surface area contributed by atoms with Crippen LogP contribution in [-0.2, 0) is 0 Å². The minimum atomic E-state index is -0.488. The van der Waals surface area contributed by atoms with E-state index in [0.29, 0.717) is 28.6 Å². The van der Waals surface area contributed by atoms with Gasteiger partial charge >= 0.3 is 0 Å². The molecule has 0 aliphatic carbocycles. The maximum atomic E-state index is 8.75. The van der Waals surface area contributed by atoms with Crippen molar-refractivity contribution in [3.63, 3.8) is 0 Å². The summed E-state index contributed by atoms with van der Waals surface area (Å²) < 4.78 is 65.4. The van der Waals surface area contributed by atoms with Crippen LogP contribution in [0.25, 0.3) is 88.8 Å². The van der Waals surface area contributed by atoms with E-state index in [0.717, 1.165) is 43.8 Å². The van der Waals surface area contributed by atoms with E-state index in [1.807, 2.05) is 66.7 Å². The molecular weight excluding hydrogens is 550 g/mol. The van der Waals surface area contributed by atoms with Crippen LogP contribution in [0.1, 0.15) is 9.60 Å². The molecule has 4 heteroatoms. The third-order valence-corrected chi connectivity index (χ3v) is 8.03. The van der Waals surface area contributed by atoms with Crippen molar-refractivity contribution in [3.05, 3.63) is 151 Å². The summed E-state index contributed by atoms with van der Waals surface area (Å²) in [5.74, 6) is 1.34. The molecule has 0 radical (unpaired) electrons. The van der Waals surface area contributed by atoms with Crippen LogP contribution in [-0.4, -0.2) is 15.0 Å². The average Bonchev–Trinajstić information content (AvgIpc) is 3.57. The van der Waals surface area contributed by atoms with Crippen LogP contribution in [0, 0.1) is 0 Å². The van der Waals surface area contributed by atoms with Gasteiger partial charge in [0.1, 0.15) is 11.2 Å². The molecule has 2 heterocycles. The van der Waals surface area contributed by atoms with E-state index in [9.17, 15) is 0 Å². The predicted octanol–water partition coefficient (Wildman–Crippen LogP) is 10.7. The normalized spacial score (nSPS) is 13.7. The van der Waals surface area contributed by atoms with Crippen molar-refractivity contribution in [2.24, 2.45) is 0 Å². The van der Waals surface area contributed by atoms with Gasteiger partial charge in [-0.15, -0.1) is 0 Å². The fourth-order valence-corrected chi connectivity index (χ4v) is 5.85. The zero-order valence-electron chi connectivity index (χ0n) is 30.6. The minimum absolute atomic E-state index is 0.0357. The molecule has 0 saturated carbocycles. The Hall–Kier alpha value is -6.13. The zero-order chi connectivity index (χ0) is 35.8. The topological polar surface area (TPSA) is 51.8 Å². The standard InChI is InChI=1S/C41H25N3O/c1-2-11-29(12-3-1)39-42-40(30-19-17-28(18-20-30)33-16-8-13-26-9-4-6-14-32(26)33)44-41(43-39)31-22-23-36-35(25-31)38-34-15-7-5-10-27(34)21-24-37(38)45-36/h1-25H/i4D,6D,8D,9D,13D,14D,16D. The van der Waals surface area contributed by atoms with Crippen molar-refractivity contribution in [2.75, 3.05) is 0 Å². The Morgan fingerprint density at radius 2 is 1.09 bits per heavy atom. The SMILES string of the molecule is [2H]c1c([2H])c([2H])c2c(-c3ccc(-c4nc(-c5ccccc5)nc(-c5ccc6oc7ccc8ccccc8c7c6c5)n4)cc3)c([2H])c([2H])c([2H])c2c1[2H]. The lowest BCUT2D eigenvalue weighted by molar-refractivity contribution is 0.669. The summed E-state index contributed by atoms with van der Waals surface area (Å²) in [6, 6.07) is 31.9. The Morgan fingerprint density at radius 1 is 0.444 bits per heavy atom. The van der Waals surface area contributed by atoms with Crippen LogP contribution in [0.3, 0.4) is 0 Å². The van der Waals surface area contributed by atoms with E-state index in [-0.39, 0.29) is 28.4 Å². The van der Waals surface area contributed by atoms with Crippen molar-refractivity contribution < 1.29 is 14.0 Å². The Labute approximate surface area is 269 Å². The second-order valence-corrected chi connectivity index (χ2v) is 10.7. The number of fused-ring (bicyclic) bond motifs is 6. The highest BCUT2D eigenvalue weighted by atomic mass is 16.3. The number of furan rings is 1. The van der Waals surface area contributed by atoms with Crippen molar-refractivity contribution >= 4 is 43.5 Å². The van der Waals surface area contributed by atoms with Gasteiger partial charge in [0.2, 0.25) is 0 Å².